The molecule has 0 saturated carbocycles. The first-order valence-electron chi connectivity index (χ1n) is 6.23. The monoisotopic (exact) mass is 271 g/mol. The van der Waals surface area contributed by atoms with Gasteiger partial charge in [-0.05, 0) is 25.1 Å². The molecule has 102 valence electrons. The van der Waals surface area contributed by atoms with E-state index in [-0.39, 0.29) is 11.5 Å². The molecule has 4 nitrogen and oxygen atoms in total. The molecule has 0 bridgehead atoms. The third kappa shape index (κ3) is 6.61. The van der Waals surface area contributed by atoms with Crippen LogP contribution in [0.25, 0.3) is 0 Å². The second-order valence-electron chi connectivity index (χ2n) is 4.00. The molecule has 0 aliphatic carbocycles. The third-order valence-electron chi connectivity index (χ3n) is 2.54. The molecule has 18 heavy (non-hydrogen) atoms. The summed E-state index contributed by atoms with van der Waals surface area (Å²) in [4.78, 5) is 0. The molecule has 0 saturated heterocycles. The Bertz CT molecular complexity index is 417. The molecule has 0 aliphatic heterocycles. The van der Waals surface area contributed by atoms with Crippen LogP contribution in [0.5, 0.6) is 5.75 Å². The lowest BCUT2D eigenvalue weighted by Crippen LogP contribution is -2.25. The fraction of sp³-hybridized carbons (Fsp3) is 0.538. The van der Waals surface area contributed by atoms with Gasteiger partial charge in [0.1, 0.15) is 5.75 Å². The highest BCUT2D eigenvalue weighted by Gasteiger charge is 2.05. The minimum atomic E-state index is -2.85. The molecule has 0 fully saturated rings. The number of ether oxygens (including phenoxy) is 1. The molecule has 0 spiro atoms. The molecule has 0 radical (unpaired) electrons. The van der Waals surface area contributed by atoms with Crippen LogP contribution in [0.4, 0.5) is 0 Å². The first-order chi connectivity index (χ1) is 8.64. The Morgan fingerprint density at radius 3 is 2.56 bits per heavy atom. The summed E-state index contributed by atoms with van der Waals surface area (Å²) in [6.07, 6.45) is 0.862. The van der Waals surface area contributed by atoms with Crippen molar-refractivity contribution in [1.29, 1.82) is 0 Å². The molecular weight excluding hydrogens is 250 g/mol. The molecule has 1 aromatic rings. The van der Waals surface area contributed by atoms with E-state index in [2.05, 4.69) is 5.32 Å². The molecule has 1 rings (SSSR count). The Labute approximate surface area is 109 Å². The van der Waals surface area contributed by atoms with Crippen LogP contribution in [0, 0.1) is 0 Å². The number of hydrogen-bond donors (Lipinski definition) is 1. The topological polar surface area (TPSA) is 55.4 Å². The smallest absolute Gasteiger partial charge is 0.151 e. The fourth-order valence-corrected chi connectivity index (χ4v) is 2.14. The van der Waals surface area contributed by atoms with Crippen LogP contribution in [0.2, 0.25) is 0 Å². The van der Waals surface area contributed by atoms with Gasteiger partial charge in [-0.15, -0.1) is 0 Å². The van der Waals surface area contributed by atoms with E-state index in [1.165, 1.54) is 0 Å². The lowest BCUT2D eigenvalue weighted by Gasteiger charge is -2.07. The van der Waals surface area contributed by atoms with Crippen molar-refractivity contribution < 1.29 is 13.2 Å². The zero-order valence-corrected chi connectivity index (χ0v) is 11.6. The van der Waals surface area contributed by atoms with Gasteiger partial charge in [-0.25, -0.2) is 8.42 Å². The first-order valence-corrected chi connectivity index (χ1v) is 8.05. The maximum Gasteiger partial charge on any atom is 0.151 e. The molecule has 0 atom stereocenters. The highest BCUT2D eigenvalue weighted by molar-refractivity contribution is 7.91. The zero-order valence-electron chi connectivity index (χ0n) is 10.8. The van der Waals surface area contributed by atoms with Crippen molar-refractivity contribution >= 4 is 9.84 Å². The van der Waals surface area contributed by atoms with E-state index in [0.717, 1.165) is 18.7 Å². The molecule has 0 aromatic heterocycles. The van der Waals surface area contributed by atoms with E-state index in [4.69, 9.17) is 4.74 Å². The van der Waals surface area contributed by atoms with Gasteiger partial charge < -0.3 is 10.1 Å². The molecule has 0 amide bonds. The summed E-state index contributed by atoms with van der Waals surface area (Å²) in [5.41, 5.74) is 0. The van der Waals surface area contributed by atoms with Gasteiger partial charge in [0.2, 0.25) is 0 Å². The van der Waals surface area contributed by atoms with Crippen LogP contribution >= 0.6 is 0 Å². The molecule has 0 heterocycles. The average Bonchev–Trinajstić information content (AvgIpc) is 2.39. The Morgan fingerprint density at radius 1 is 1.17 bits per heavy atom. The van der Waals surface area contributed by atoms with Crippen LogP contribution in [-0.2, 0) is 9.84 Å². The van der Waals surface area contributed by atoms with Crippen molar-refractivity contribution in [3.05, 3.63) is 30.3 Å². The molecule has 5 heteroatoms. The zero-order chi connectivity index (χ0) is 13.3. The van der Waals surface area contributed by atoms with E-state index < -0.39 is 9.84 Å². The summed E-state index contributed by atoms with van der Waals surface area (Å²) < 4.78 is 27.9. The molecule has 0 unspecified atom stereocenters. The van der Waals surface area contributed by atoms with Gasteiger partial charge in [-0.1, -0.05) is 25.1 Å². The maximum atomic E-state index is 11.2. The number of para-hydroxylation sites is 1. The number of hydrogen-bond acceptors (Lipinski definition) is 4. The normalized spacial score (nSPS) is 11.4. The van der Waals surface area contributed by atoms with Crippen molar-refractivity contribution in [2.24, 2.45) is 0 Å². The summed E-state index contributed by atoms with van der Waals surface area (Å²) in [5, 5.41) is 3.10. The van der Waals surface area contributed by atoms with Gasteiger partial charge in [0.05, 0.1) is 12.4 Å². The number of rotatable bonds is 9. The van der Waals surface area contributed by atoms with Gasteiger partial charge in [0.25, 0.3) is 0 Å². The Kier molecular flexibility index (Phi) is 6.75. The lowest BCUT2D eigenvalue weighted by atomic mass is 10.3. The van der Waals surface area contributed by atoms with E-state index in [1.54, 1.807) is 6.92 Å². The van der Waals surface area contributed by atoms with Crippen LogP contribution in [-0.4, -0.2) is 39.6 Å². The van der Waals surface area contributed by atoms with Gasteiger partial charge >= 0.3 is 0 Å². The summed E-state index contributed by atoms with van der Waals surface area (Å²) in [7, 11) is -2.85. The molecular formula is C13H21NO3S. The minimum Gasteiger partial charge on any atom is -0.494 e. The van der Waals surface area contributed by atoms with Gasteiger partial charge in [0.15, 0.2) is 9.84 Å². The summed E-state index contributed by atoms with van der Waals surface area (Å²) in [6, 6.07) is 9.65. The maximum absolute atomic E-state index is 11.2. The quantitative estimate of drug-likeness (QED) is 0.691. The van der Waals surface area contributed by atoms with Crippen molar-refractivity contribution in [2.75, 3.05) is 31.2 Å². The fourth-order valence-electron chi connectivity index (χ4n) is 1.40. The van der Waals surface area contributed by atoms with Crippen LogP contribution in [0.15, 0.2) is 30.3 Å². The summed E-state index contributed by atoms with van der Waals surface area (Å²) in [6.45, 7) is 3.59. The standard InChI is InChI=1S/C13H21NO3S/c1-2-18(15,16)12-10-14-9-6-11-17-13-7-4-3-5-8-13/h3-5,7-8,14H,2,6,9-12H2,1H3. The van der Waals surface area contributed by atoms with Crippen molar-refractivity contribution in [1.82, 2.24) is 5.32 Å². The van der Waals surface area contributed by atoms with E-state index in [9.17, 15) is 8.42 Å². The number of sulfone groups is 1. The van der Waals surface area contributed by atoms with Crippen LogP contribution < -0.4 is 10.1 Å². The SMILES string of the molecule is CCS(=O)(=O)CCNCCCOc1ccccc1. The van der Waals surface area contributed by atoms with Gasteiger partial charge in [-0.3, -0.25) is 0 Å². The number of nitrogens with one attached hydrogen (secondary N) is 1. The van der Waals surface area contributed by atoms with E-state index >= 15 is 0 Å². The van der Waals surface area contributed by atoms with Crippen molar-refractivity contribution in [3.63, 3.8) is 0 Å². The third-order valence-corrected chi connectivity index (χ3v) is 4.25. The van der Waals surface area contributed by atoms with E-state index in [1.807, 2.05) is 30.3 Å². The van der Waals surface area contributed by atoms with Gasteiger partial charge in [0, 0.05) is 12.3 Å². The highest BCUT2D eigenvalue weighted by atomic mass is 32.2. The number of benzene rings is 1. The molecule has 1 aromatic carbocycles. The van der Waals surface area contributed by atoms with Crippen LogP contribution in [0.1, 0.15) is 13.3 Å². The first kappa shape index (κ1) is 15.0. The Morgan fingerprint density at radius 2 is 1.89 bits per heavy atom. The van der Waals surface area contributed by atoms with Crippen molar-refractivity contribution in [2.45, 2.75) is 13.3 Å². The van der Waals surface area contributed by atoms with Gasteiger partial charge in [-0.2, -0.15) is 0 Å². The predicted octanol–water partition coefficient (Wildman–Crippen LogP) is 1.48. The second kappa shape index (κ2) is 8.11. The largest absolute Gasteiger partial charge is 0.494 e. The highest BCUT2D eigenvalue weighted by Crippen LogP contribution is 2.07. The van der Waals surface area contributed by atoms with E-state index in [0.29, 0.717) is 13.2 Å². The molecule has 0 aliphatic rings. The van der Waals surface area contributed by atoms with Crippen molar-refractivity contribution in [3.8, 4) is 5.75 Å². The Balaban J connectivity index is 2.00. The summed E-state index contributed by atoms with van der Waals surface area (Å²) >= 11 is 0. The Hall–Kier alpha value is -1.07. The average molecular weight is 271 g/mol. The second-order valence-corrected chi connectivity index (χ2v) is 6.47. The lowest BCUT2D eigenvalue weighted by molar-refractivity contribution is 0.309. The predicted molar refractivity (Wildman–Crippen MR) is 73.8 cm³/mol. The summed E-state index contributed by atoms with van der Waals surface area (Å²) in [5.74, 6) is 1.29. The minimum absolute atomic E-state index is 0.211. The molecule has 1 N–H and O–H groups in total. The van der Waals surface area contributed by atoms with Crippen LogP contribution in [0.3, 0.4) is 0 Å².